The number of para-hydroxylation sites is 1. The van der Waals surface area contributed by atoms with Crippen LogP contribution in [0.5, 0.6) is 11.5 Å². The van der Waals surface area contributed by atoms with Crippen LogP contribution in [0, 0.1) is 0 Å². The van der Waals surface area contributed by atoms with Crippen molar-refractivity contribution in [2.45, 2.75) is 25.7 Å². The molecular weight excluding hydrogens is 378 g/mol. The fraction of sp³-hybridized carbons (Fsp3) is 0.261. The summed E-state index contributed by atoms with van der Waals surface area (Å²) >= 11 is 0. The van der Waals surface area contributed by atoms with E-state index in [0.29, 0.717) is 13.2 Å². The molecule has 30 heavy (non-hydrogen) atoms. The number of fused-ring (bicyclic) bond motifs is 2. The highest BCUT2D eigenvalue weighted by Crippen LogP contribution is 2.39. The largest absolute Gasteiger partial charge is 0.490 e. The van der Waals surface area contributed by atoms with E-state index in [0.717, 1.165) is 58.0 Å². The van der Waals surface area contributed by atoms with E-state index in [-0.39, 0.29) is 11.9 Å². The van der Waals surface area contributed by atoms with Gasteiger partial charge in [-0.3, -0.25) is 0 Å². The molecule has 0 bridgehead atoms. The van der Waals surface area contributed by atoms with Crippen molar-refractivity contribution >= 4 is 17.0 Å². The molecule has 1 aliphatic rings. The second-order valence-electron chi connectivity index (χ2n) is 7.46. The number of imidazole rings is 1. The van der Waals surface area contributed by atoms with Gasteiger partial charge in [0.1, 0.15) is 5.82 Å². The van der Waals surface area contributed by atoms with Crippen LogP contribution in [0.1, 0.15) is 30.7 Å². The Bertz CT molecular complexity index is 1200. The maximum absolute atomic E-state index is 6.11. The van der Waals surface area contributed by atoms with Crippen molar-refractivity contribution < 1.29 is 9.47 Å². The van der Waals surface area contributed by atoms with Crippen LogP contribution in [0.3, 0.4) is 0 Å². The predicted molar refractivity (Wildman–Crippen MR) is 116 cm³/mol. The summed E-state index contributed by atoms with van der Waals surface area (Å²) in [5.41, 5.74) is 10.5. The zero-order chi connectivity index (χ0) is 20.5. The normalized spacial score (nSPS) is 15.6. The monoisotopic (exact) mass is 401 g/mol. The number of aromatic amines is 1. The third kappa shape index (κ3) is 3.43. The maximum Gasteiger partial charge on any atom is 0.220 e. The Kier molecular flexibility index (Phi) is 4.71. The van der Waals surface area contributed by atoms with Crippen molar-refractivity contribution in [3.05, 3.63) is 60.0 Å². The van der Waals surface area contributed by atoms with Crippen molar-refractivity contribution in [3.8, 4) is 22.8 Å². The number of nitrogens with two attached hydrogens (primary N) is 1. The standard InChI is InChI=1S/C23H23N5O2/c1-2-10-29-20-5-3-4-15-11-16(13-30-21(15)20)22-26-18-7-6-14(12-19(18)27-22)17-8-9-25-23(24)28-17/h3-9,12,16H,2,10-11,13H2,1H3,(H,26,27)(H2,24,25,28). The van der Waals surface area contributed by atoms with Crippen LogP contribution in [0.2, 0.25) is 0 Å². The van der Waals surface area contributed by atoms with E-state index in [1.807, 2.05) is 36.4 Å². The highest BCUT2D eigenvalue weighted by atomic mass is 16.5. The lowest BCUT2D eigenvalue weighted by Gasteiger charge is -2.25. The fourth-order valence-electron chi connectivity index (χ4n) is 3.81. The Balaban J connectivity index is 1.42. The second kappa shape index (κ2) is 7.67. The molecule has 2 aromatic carbocycles. The van der Waals surface area contributed by atoms with Gasteiger partial charge in [0.15, 0.2) is 11.5 Å². The van der Waals surface area contributed by atoms with Gasteiger partial charge in [-0.05, 0) is 42.7 Å². The number of nitrogen functional groups attached to an aromatic ring is 1. The smallest absolute Gasteiger partial charge is 0.220 e. The van der Waals surface area contributed by atoms with E-state index < -0.39 is 0 Å². The highest BCUT2D eigenvalue weighted by molar-refractivity contribution is 5.81. The minimum atomic E-state index is 0.157. The molecule has 7 nitrogen and oxygen atoms in total. The second-order valence-corrected chi connectivity index (χ2v) is 7.46. The number of anilines is 1. The minimum absolute atomic E-state index is 0.157. The molecule has 0 saturated heterocycles. The molecule has 1 atom stereocenters. The molecule has 0 radical (unpaired) electrons. The molecule has 7 heteroatoms. The summed E-state index contributed by atoms with van der Waals surface area (Å²) in [5.74, 6) is 3.03. The summed E-state index contributed by atoms with van der Waals surface area (Å²) in [6.07, 6.45) is 3.48. The van der Waals surface area contributed by atoms with Gasteiger partial charge in [0.05, 0.1) is 35.9 Å². The lowest BCUT2D eigenvalue weighted by molar-refractivity contribution is 0.232. The van der Waals surface area contributed by atoms with Crippen molar-refractivity contribution in [3.63, 3.8) is 0 Å². The number of rotatable bonds is 5. The van der Waals surface area contributed by atoms with Crippen LogP contribution in [0.4, 0.5) is 5.95 Å². The van der Waals surface area contributed by atoms with E-state index in [1.54, 1.807) is 6.20 Å². The van der Waals surface area contributed by atoms with Gasteiger partial charge in [-0.15, -0.1) is 0 Å². The summed E-state index contributed by atoms with van der Waals surface area (Å²) < 4.78 is 11.9. The maximum atomic E-state index is 6.11. The molecule has 0 spiro atoms. The van der Waals surface area contributed by atoms with E-state index in [2.05, 4.69) is 27.9 Å². The van der Waals surface area contributed by atoms with Gasteiger partial charge >= 0.3 is 0 Å². The molecule has 0 fully saturated rings. The van der Waals surface area contributed by atoms with Crippen LogP contribution < -0.4 is 15.2 Å². The number of benzene rings is 2. The number of H-pyrrole nitrogens is 1. The first-order chi connectivity index (χ1) is 14.7. The van der Waals surface area contributed by atoms with Crippen LogP contribution in [-0.4, -0.2) is 33.1 Å². The summed E-state index contributed by atoms with van der Waals surface area (Å²) in [4.78, 5) is 16.5. The molecule has 1 aliphatic heterocycles. The lowest BCUT2D eigenvalue weighted by Crippen LogP contribution is -2.20. The number of nitrogens with zero attached hydrogens (tertiary/aromatic N) is 3. The quantitative estimate of drug-likeness (QED) is 0.522. The summed E-state index contributed by atoms with van der Waals surface area (Å²) in [6, 6.07) is 14.0. The Morgan fingerprint density at radius 2 is 2.13 bits per heavy atom. The molecule has 3 heterocycles. The van der Waals surface area contributed by atoms with Gasteiger partial charge in [-0.1, -0.05) is 25.1 Å². The molecule has 4 aromatic rings. The highest BCUT2D eigenvalue weighted by Gasteiger charge is 2.26. The summed E-state index contributed by atoms with van der Waals surface area (Å²) in [7, 11) is 0. The van der Waals surface area contributed by atoms with Crippen molar-refractivity contribution in [1.82, 2.24) is 19.9 Å². The number of hydrogen-bond acceptors (Lipinski definition) is 6. The number of nitrogens with one attached hydrogen (secondary N) is 1. The first-order valence-electron chi connectivity index (χ1n) is 10.2. The van der Waals surface area contributed by atoms with Crippen LogP contribution in [0.25, 0.3) is 22.3 Å². The lowest BCUT2D eigenvalue weighted by atomic mass is 9.96. The average molecular weight is 401 g/mol. The van der Waals surface area contributed by atoms with Gasteiger partial charge in [-0.25, -0.2) is 15.0 Å². The molecule has 0 amide bonds. The summed E-state index contributed by atoms with van der Waals surface area (Å²) in [5, 5.41) is 0. The Morgan fingerprint density at radius 1 is 1.20 bits per heavy atom. The zero-order valence-electron chi connectivity index (χ0n) is 16.8. The number of aromatic nitrogens is 4. The molecule has 0 aliphatic carbocycles. The third-order valence-corrected chi connectivity index (χ3v) is 5.27. The van der Waals surface area contributed by atoms with E-state index in [9.17, 15) is 0 Å². The number of ether oxygens (including phenoxy) is 2. The molecule has 2 aromatic heterocycles. The van der Waals surface area contributed by atoms with E-state index in [4.69, 9.17) is 20.2 Å². The average Bonchev–Trinajstić information content (AvgIpc) is 3.20. The molecule has 0 saturated carbocycles. The van der Waals surface area contributed by atoms with E-state index in [1.165, 1.54) is 0 Å². The minimum Gasteiger partial charge on any atom is -0.490 e. The number of hydrogen-bond donors (Lipinski definition) is 2. The van der Waals surface area contributed by atoms with Crippen LogP contribution in [-0.2, 0) is 6.42 Å². The molecule has 3 N–H and O–H groups in total. The van der Waals surface area contributed by atoms with Crippen molar-refractivity contribution in [2.24, 2.45) is 0 Å². The molecular formula is C23H23N5O2. The molecule has 5 rings (SSSR count). The molecule has 152 valence electrons. The van der Waals surface area contributed by atoms with Gasteiger partial charge in [0.2, 0.25) is 5.95 Å². The van der Waals surface area contributed by atoms with Gasteiger partial charge in [0.25, 0.3) is 0 Å². The first-order valence-corrected chi connectivity index (χ1v) is 10.2. The Morgan fingerprint density at radius 3 is 3.00 bits per heavy atom. The first kappa shape index (κ1) is 18.4. The van der Waals surface area contributed by atoms with Crippen molar-refractivity contribution in [2.75, 3.05) is 18.9 Å². The van der Waals surface area contributed by atoms with Gasteiger partial charge in [0, 0.05) is 11.8 Å². The third-order valence-electron chi connectivity index (χ3n) is 5.27. The summed E-state index contributed by atoms with van der Waals surface area (Å²) in [6.45, 7) is 3.35. The van der Waals surface area contributed by atoms with E-state index >= 15 is 0 Å². The van der Waals surface area contributed by atoms with Gasteiger partial charge < -0.3 is 20.2 Å². The Labute approximate surface area is 174 Å². The van der Waals surface area contributed by atoms with Crippen molar-refractivity contribution in [1.29, 1.82) is 0 Å². The van der Waals surface area contributed by atoms with Crippen LogP contribution in [0.15, 0.2) is 48.7 Å². The van der Waals surface area contributed by atoms with Crippen LogP contribution >= 0.6 is 0 Å². The van der Waals surface area contributed by atoms with Gasteiger partial charge in [-0.2, -0.15) is 0 Å². The Hall–Kier alpha value is -3.61. The topological polar surface area (TPSA) is 98.9 Å². The predicted octanol–water partition coefficient (Wildman–Crippen LogP) is 4.11. The fourth-order valence-corrected chi connectivity index (χ4v) is 3.81. The zero-order valence-corrected chi connectivity index (χ0v) is 16.8. The SMILES string of the molecule is CCCOc1cccc2c1OCC(c1nc3ccc(-c4ccnc(N)n4)cc3[nH]1)C2. The molecule has 1 unspecified atom stereocenters.